The number of benzene rings is 1. The molecule has 1 aliphatic heterocycles. The summed E-state index contributed by atoms with van der Waals surface area (Å²) < 4.78 is 7.37. The third-order valence-electron chi connectivity index (χ3n) is 4.37. The lowest BCUT2D eigenvalue weighted by atomic mass is 10.0. The molecule has 0 unspecified atom stereocenters. The monoisotopic (exact) mass is 324 g/mol. The van der Waals surface area contributed by atoms with Crippen LogP contribution >= 0.6 is 0 Å². The van der Waals surface area contributed by atoms with Crippen LogP contribution in [-0.4, -0.2) is 32.9 Å². The van der Waals surface area contributed by atoms with Crippen LogP contribution in [0.4, 0.5) is 5.69 Å². The zero-order chi connectivity index (χ0) is 16.7. The van der Waals surface area contributed by atoms with E-state index in [1.807, 2.05) is 23.7 Å². The van der Waals surface area contributed by atoms with Crippen molar-refractivity contribution in [1.82, 2.24) is 14.8 Å². The number of rotatable bonds is 3. The van der Waals surface area contributed by atoms with Crippen molar-refractivity contribution in [3.8, 4) is 11.1 Å². The van der Waals surface area contributed by atoms with Crippen LogP contribution < -0.4 is 0 Å². The maximum atomic E-state index is 11.5. The van der Waals surface area contributed by atoms with Gasteiger partial charge in [-0.05, 0) is 37.1 Å². The zero-order valence-electron chi connectivity index (χ0n) is 13.2. The minimum Gasteiger partial charge on any atom is -0.379 e. The summed E-state index contributed by atoms with van der Waals surface area (Å²) in [6.45, 7) is 3.21. The van der Waals surface area contributed by atoms with E-state index in [0.29, 0.717) is 12.2 Å². The maximum Gasteiger partial charge on any atom is 0.278 e. The van der Waals surface area contributed by atoms with Gasteiger partial charge >= 0.3 is 0 Å². The lowest BCUT2D eigenvalue weighted by Crippen LogP contribution is -2.10. The number of ether oxygens (including phenoxy) is 1. The molecule has 3 heterocycles. The maximum absolute atomic E-state index is 11.5. The van der Waals surface area contributed by atoms with E-state index in [2.05, 4.69) is 10.1 Å². The summed E-state index contributed by atoms with van der Waals surface area (Å²) in [5.74, 6) is 0. The van der Waals surface area contributed by atoms with E-state index >= 15 is 0 Å². The molecule has 3 aromatic rings. The number of hydrogen-bond donors (Lipinski definition) is 0. The first-order valence-corrected chi connectivity index (χ1v) is 7.80. The van der Waals surface area contributed by atoms with Gasteiger partial charge in [0.25, 0.3) is 5.69 Å². The fourth-order valence-electron chi connectivity index (χ4n) is 3.18. The van der Waals surface area contributed by atoms with E-state index in [-0.39, 0.29) is 16.7 Å². The van der Waals surface area contributed by atoms with Gasteiger partial charge in [0.15, 0.2) is 0 Å². The highest BCUT2D eigenvalue weighted by molar-refractivity contribution is 5.90. The minimum atomic E-state index is -0.347. The number of aromatic nitrogens is 3. The Morgan fingerprint density at radius 2 is 2.25 bits per heavy atom. The number of fused-ring (bicyclic) bond motifs is 1. The Labute approximate surface area is 138 Å². The smallest absolute Gasteiger partial charge is 0.278 e. The van der Waals surface area contributed by atoms with Crippen LogP contribution in [0.15, 0.2) is 36.7 Å². The molecule has 0 radical (unpaired) electrons. The average Bonchev–Trinajstić information content (AvgIpc) is 3.22. The molecule has 7 heteroatoms. The molecule has 0 bridgehead atoms. The predicted octanol–water partition coefficient (Wildman–Crippen LogP) is 3.28. The molecule has 4 rings (SSSR count). The fraction of sp³-hybridized carbons (Fsp3) is 0.294. The largest absolute Gasteiger partial charge is 0.379 e. The van der Waals surface area contributed by atoms with Crippen molar-refractivity contribution in [2.75, 3.05) is 13.2 Å². The lowest BCUT2D eigenvalue weighted by molar-refractivity contribution is -0.384. The first-order valence-electron chi connectivity index (χ1n) is 7.80. The Morgan fingerprint density at radius 3 is 2.96 bits per heavy atom. The Balaban J connectivity index is 1.94. The standard InChI is InChI=1S/C17H16N4O3/c1-11-6-12(2-4-18-11)15-8-16-13(7-17(15)21(22)23)9-19-20(16)14-3-5-24-10-14/h2,4,6-9,14H,3,5,10H2,1H3/t14-/m1/s1. The molecule has 7 nitrogen and oxygen atoms in total. The summed E-state index contributed by atoms with van der Waals surface area (Å²) in [4.78, 5) is 15.4. The second-order valence-electron chi connectivity index (χ2n) is 5.98. The molecule has 24 heavy (non-hydrogen) atoms. The number of nitro benzene ring substituents is 1. The van der Waals surface area contributed by atoms with Crippen molar-refractivity contribution in [3.63, 3.8) is 0 Å². The fourth-order valence-corrected chi connectivity index (χ4v) is 3.18. The van der Waals surface area contributed by atoms with Gasteiger partial charge in [0.05, 0.1) is 34.8 Å². The van der Waals surface area contributed by atoms with Gasteiger partial charge < -0.3 is 4.74 Å². The highest BCUT2D eigenvalue weighted by atomic mass is 16.6. The van der Waals surface area contributed by atoms with Crippen LogP contribution in [-0.2, 0) is 4.74 Å². The van der Waals surface area contributed by atoms with Crippen LogP contribution in [0, 0.1) is 17.0 Å². The van der Waals surface area contributed by atoms with Crippen molar-refractivity contribution >= 4 is 16.6 Å². The van der Waals surface area contributed by atoms with Crippen molar-refractivity contribution in [2.45, 2.75) is 19.4 Å². The van der Waals surface area contributed by atoms with Gasteiger partial charge in [0.1, 0.15) is 0 Å². The van der Waals surface area contributed by atoms with Crippen molar-refractivity contribution in [2.24, 2.45) is 0 Å². The van der Waals surface area contributed by atoms with Crippen LogP contribution in [0.1, 0.15) is 18.2 Å². The normalized spacial score (nSPS) is 17.5. The van der Waals surface area contributed by atoms with Crippen molar-refractivity contribution < 1.29 is 9.66 Å². The van der Waals surface area contributed by atoms with Gasteiger partial charge in [-0.1, -0.05) is 0 Å². The number of pyridine rings is 1. The summed E-state index contributed by atoms with van der Waals surface area (Å²) in [7, 11) is 0. The van der Waals surface area contributed by atoms with E-state index in [1.54, 1.807) is 24.5 Å². The van der Waals surface area contributed by atoms with E-state index in [0.717, 1.165) is 35.2 Å². The van der Waals surface area contributed by atoms with Crippen LogP contribution in [0.3, 0.4) is 0 Å². The Morgan fingerprint density at radius 1 is 1.38 bits per heavy atom. The molecule has 1 atom stereocenters. The third-order valence-corrected chi connectivity index (χ3v) is 4.37. The van der Waals surface area contributed by atoms with E-state index in [1.165, 1.54) is 0 Å². The van der Waals surface area contributed by atoms with Crippen LogP contribution in [0.5, 0.6) is 0 Å². The molecule has 2 aromatic heterocycles. The molecule has 1 saturated heterocycles. The first kappa shape index (κ1) is 14.8. The molecular formula is C17H16N4O3. The number of aryl methyl sites for hydroxylation is 1. The summed E-state index contributed by atoms with van der Waals surface area (Å²) in [6.07, 6.45) is 4.25. The zero-order valence-corrected chi connectivity index (χ0v) is 13.2. The van der Waals surface area contributed by atoms with Crippen LogP contribution in [0.25, 0.3) is 22.0 Å². The topological polar surface area (TPSA) is 83.1 Å². The van der Waals surface area contributed by atoms with Gasteiger partial charge in [-0.3, -0.25) is 19.8 Å². The lowest BCUT2D eigenvalue weighted by Gasteiger charge is -2.11. The number of nitrogens with zero attached hydrogens (tertiary/aromatic N) is 4. The third kappa shape index (κ3) is 2.43. The summed E-state index contributed by atoms with van der Waals surface area (Å²) >= 11 is 0. The van der Waals surface area contributed by atoms with Gasteiger partial charge in [0.2, 0.25) is 0 Å². The van der Waals surface area contributed by atoms with E-state index < -0.39 is 0 Å². The van der Waals surface area contributed by atoms with Gasteiger partial charge in [0, 0.05) is 30.0 Å². The van der Waals surface area contributed by atoms with Crippen molar-refractivity contribution in [1.29, 1.82) is 0 Å². The summed E-state index contributed by atoms with van der Waals surface area (Å²) in [5, 5.41) is 16.7. The Kier molecular flexibility index (Phi) is 3.50. The number of nitro groups is 1. The first-order chi connectivity index (χ1) is 11.6. The second-order valence-corrected chi connectivity index (χ2v) is 5.98. The van der Waals surface area contributed by atoms with E-state index in [4.69, 9.17) is 4.74 Å². The molecule has 0 amide bonds. The van der Waals surface area contributed by atoms with Gasteiger partial charge in [-0.2, -0.15) is 5.10 Å². The predicted molar refractivity (Wildman–Crippen MR) is 88.8 cm³/mol. The summed E-state index contributed by atoms with van der Waals surface area (Å²) in [5.41, 5.74) is 3.15. The van der Waals surface area contributed by atoms with Gasteiger partial charge in [-0.25, -0.2) is 0 Å². The molecule has 122 valence electrons. The molecule has 0 saturated carbocycles. The number of hydrogen-bond acceptors (Lipinski definition) is 5. The SMILES string of the molecule is Cc1cc(-c2cc3c(cnn3[C@@H]3CCOC3)cc2[N+](=O)[O-])ccn1. The Hall–Kier alpha value is -2.80. The quantitative estimate of drug-likeness (QED) is 0.545. The van der Waals surface area contributed by atoms with Crippen LogP contribution in [0.2, 0.25) is 0 Å². The molecule has 0 N–H and O–H groups in total. The Bertz CT molecular complexity index is 929. The molecule has 0 aliphatic carbocycles. The van der Waals surface area contributed by atoms with Gasteiger partial charge in [-0.15, -0.1) is 0 Å². The van der Waals surface area contributed by atoms with E-state index in [9.17, 15) is 10.1 Å². The molecule has 1 aliphatic rings. The average molecular weight is 324 g/mol. The highest BCUT2D eigenvalue weighted by Crippen LogP contribution is 2.35. The molecule has 0 spiro atoms. The molecule has 1 fully saturated rings. The highest BCUT2D eigenvalue weighted by Gasteiger charge is 2.23. The summed E-state index contributed by atoms with van der Waals surface area (Å²) in [6, 6.07) is 7.28. The molecule has 1 aromatic carbocycles. The van der Waals surface area contributed by atoms with Crippen molar-refractivity contribution in [3.05, 3.63) is 52.5 Å². The second kappa shape index (κ2) is 5.68. The molecular weight excluding hydrogens is 308 g/mol. The minimum absolute atomic E-state index is 0.0790.